The molecule has 20 heavy (non-hydrogen) atoms. The van der Waals surface area contributed by atoms with Crippen molar-refractivity contribution in [3.05, 3.63) is 30.0 Å². The van der Waals surface area contributed by atoms with Crippen LogP contribution >= 0.6 is 0 Å². The zero-order chi connectivity index (χ0) is 14.7. The fraction of sp³-hybridized carbons (Fsp3) is 0.438. The highest BCUT2D eigenvalue weighted by molar-refractivity contribution is 5.95. The molecule has 0 radical (unpaired) electrons. The van der Waals surface area contributed by atoms with Crippen LogP contribution in [0, 0.1) is 12.8 Å². The fourth-order valence-corrected chi connectivity index (χ4v) is 2.18. The van der Waals surface area contributed by atoms with Crippen molar-refractivity contribution in [3.63, 3.8) is 0 Å². The molecule has 1 aromatic heterocycles. The Bertz CT molecular complexity index is 598. The number of para-hydroxylation sites is 1. The number of aliphatic hydroxyl groups excluding tert-OH is 1. The molecule has 2 aromatic rings. The summed E-state index contributed by atoms with van der Waals surface area (Å²) in [4.78, 5) is 4.57. The minimum absolute atomic E-state index is 0.166. The molecule has 4 nitrogen and oxygen atoms in total. The summed E-state index contributed by atoms with van der Waals surface area (Å²) in [5.41, 5.74) is 2.83. The first-order chi connectivity index (χ1) is 9.56. The first kappa shape index (κ1) is 14.6. The van der Waals surface area contributed by atoms with Gasteiger partial charge < -0.3 is 15.2 Å². The normalized spacial score (nSPS) is 14.1. The maximum Gasteiger partial charge on any atom is 0.145 e. The second-order valence-corrected chi connectivity index (χ2v) is 5.26. The van der Waals surface area contributed by atoms with E-state index in [-0.39, 0.29) is 18.6 Å². The number of rotatable bonds is 5. The van der Waals surface area contributed by atoms with Crippen molar-refractivity contribution in [3.8, 4) is 5.75 Å². The van der Waals surface area contributed by atoms with Gasteiger partial charge >= 0.3 is 0 Å². The van der Waals surface area contributed by atoms with Crippen LogP contribution in [-0.4, -0.2) is 29.8 Å². The third kappa shape index (κ3) is 2.85. The molecule has 0 aliphatic heterocycles. The second kappa shape index (κ2) is 6.09. The number of hydrogen-bond donors (Lipinski definition) is 2. The van der Waals surface area contributed by atoms with Crippen molar-refractivity contribution < 1.29 is 9.84 Å². The minimum atomic E-state index is 0.166. The summed E-state index contributed by atoms with van der Waals surface area (Å²) >= 11 is 0. The number of ether oxygens (including phenoxy) is 1. The topological polar surface area (TPSA) is 54.4 Å². The van der Waals surface area contributed by atoms with Crippen molar-refractivity contribution in [1.29, 1.82) is 0 Å². The van der Waals surface area contributed by atoms with Crippen LogP contribution < -0.4 is 10.1 Å². The number of nitrogens with zero attached hydrogens (tertiary/aromatic N) is 1. The van der Waals surface area contributed by atoms with E-state index in [1.807, 2.05) is 38.1 Å². The molecule has 4 heteroatoms. The van der Waals surface area contributed by atoms with E-state index in [0.29, 0.717) is 0 Å². The molecule has 2 N–H and O–H groups in total. The van der Waals surface area contributed by atoms with Crippen molar-refractivity contribution >= 4 is 16.6 Å². The molecule has 0 spiro atoms. The van der Waals surface area contributed by atoms with E-state index >= 15 is 0 Å². The van der Waals surface area contributed by atoms with E-state index in [0.717, 1.165) is 28.0 Å². The summed E-state index contributed by atoms with van der Waals surface area (Å²) < 4.78 is 5.38. The molecule has 0 saturated carbocycles. The molecule has 2 rings (SSSR count). The van der Waals surface area contributed by atoms with Crippen LogP contribution in [0.5, 0.6) is 5.75 Å². The van der Waals surface area contributed by atoms with Crippen LogP contribution in [0.3, 0.4) is 0 Å². The van der Waals surface area contributed by atoms with Crippen LogP contribution in [0.2, 0.25) is 0 Å². The highest BCUT2D eigenvalue weighted by Gasteiger charge is 2.14. The minimum Gasteiger partial charge on any atom is -0.494 e. The molecular weight excluding hydrogens is 252 g/mol. The monoisotopic (exact) mass is 274 g/mol. The zero-order valence-electron chi connectivity index (χ0n) is 12.5. The first-order valence-electron chi connectivity index (χ1n) is 6.88. The lowest BCUT2D eigenvalue weighted by Crippen LogP contribution is -2.26. The Balaban J connectivity index is 2.48. The zero-order valence-corrected chi connectivity index (χ0v) is 12.5. The summed E-state index contributed by atoms with van der Waals surface area (Å²) in [6, 6.07) is 8.11. The van der Waals surface area contributed by atoms with Crippen LogP contribution in [0.15, 0.2) is 24.3 Å². The predicted molar refractivity (Wildman–Crippen MR) is 82.4 cm³/mol. The molecule has 108 valence electrons. The number of benzene rings is 1. The van der Waals surface area contributed by atoms with Gasteiger partial charge in [0.2, 0.25) is 0 Å². The molecule has 0 saturated heterocycles. The van der Waals surface area contributed by atoms with Gasteiger partial charge in [-0.25, -0.2) is 4.98 Å². The van der Waals surface area contributed by atoms with Crippen LogP contribution in [0.1, 0.15) is 19.5 Å². The van der Waals surface area contributed by atoms with Gasteiger partial charge in [-0.2, -0.15) is 0 Å². The maximum absolute atomic E-state index is 9.26. The van der Waals surface area contributed by atoms with E-state index in [4.69, 9.17) is 4.74 Å². The molecule has 2 unspecified atom stereocenters. The number of pyridine rings is 1. The van der Waals surface area contributed by atoms with Gasteiger partial charge in [0.1, 0.15) is 11.3 Å². The molecule has 0 amide bonds. The number of hydrogen-bond acceptors (Lipinski definition) is 4. The summed E-state index contributed by atoms with van der Waals surface area (Å²) in [7, 11) is 1.66. The van der Waals surface area contributed by atoms with Gasteiger partial charge in [0.05, 0.1) is 7.11 Å². The Kier molecular flexibility index (Phi) is 4.45. The quantitative estimate of drug-likeness (QED) is 0.880. The molecule has 0 bridgehead atoms. The SMILES string of the molecule is COc1cccc2c(NC(C)C(C)CO)cc(C)nc12. The van der Waals surface area contributed by atoms with Gasteiger partial charge in [-0.15, -0.1) is 0 Å². The number of fused-ring (bicyclic) bond motifs is 1. The summed E-state index contributed by atoms with van der Waals surface area (Å²) in [6.07, 6.45) is 0. The van der Waals surface area contributed by atoms with Crippen molar-refractivity contribution in [1.82, 2.24) is 4.98 Å². The second-order valence-electron chi connectivity index (χ2n) is 5.26. The number of nitrogens with one attached hydrogen (secondary N) is 1. The Labute approximate surface area is 119 Å². The maximum atomic E-state index is 9.26. The van der Waals surface area contributed by atoms with Crippen molar-refractivity contribution in [2.45, 2.75) is 26.8 Å². The molecule has 0 aliphatic rings. The van der Waals surface area contributed by atoms with Gasteiger partial charge in [0.15, 0.2) is 0 Å². The van der Waals surface area contributed by atoms with Gasteiger partial charge in [0.25, 0.3) is 0 Å². The molecule has 1 aromatic carbocycles. The van der Waals surface area contributed by atoms with Gasteiger partial charge in [0, 0.05) is 29.4 Å². The Hall–Kier alpha value is -1.81. The lowest BCUT2D eigenvalue weighted by molar-refractivity contribution is 0.226. The lowest BCUT2D eigenvalue weighted by atomic mass is 10.0. The highest BCUT2D eigenvalue weighted by Crippen LogP contribution is 2.30. The summed E-state index contributed by atoms with van der Waals surface area (Å²) in [5.74, 6) is 0.959. The average Bonchev–Trinajstić information content (AvgIpc) is 2.45. The number of methoxy groups -OCH3 is 1. The Morgan fingerprint density at radius 2 is 2.10 bits per heavy atom. The van der Waals surface area contributed by atoms with E-state index in [9.17, 15) is 5.11 Å². The number of aryl methyl sites for hydroxylation is 1. The van der Waals surface area contributed by atoms with Gasteiger partial charge in [-0.1, -0.05) is 19.1 Å². The lowest BCUT2D eigenvalue weighted by Gasteiger charge is -2.22. The third-order valence-corrected chi connectivity index (χ3v) is 3.68. The van der Waals surface area contributed by atoms with Crippen LogP contribution in [0.4, 0.5) is 5.69 Å². The van der Waals surface area contributed by atoms with Crippen molar-refractivity contribution in [2.75, 3.05) is 19.0 Å². The van der Waals surface area contributed by atoms with Crippen LogP contribution in [0.25, 0.3) is 10.9 Å². The summed E-state index contributed by atoms with van der Waals surface area (Å²) in [5, 5.41) is 13.8. The van der Waals surface area contributed by atoms with E-state index in [2.05, 4.69) is 17.2 Å². The molecule has 0 aliphatic carbocycles. The molecule has 0 fully saturated rings. The number of aromatic nitrogens is 1. The standard InChI is InChI=1S/C16H22N2O2/c1-10(9-19)12(3)18-14-8-11(2)17-16-13(14)6-5-7-15(16)20-4/h5-8,10,12,19H,9H2,1-4H3,(H,17,18). The number of aliphatic hydroxyl groups is 1. The first-order valence-corrected chi connectivity index (χ1v) is 6.88. The Morgan fingerprint density at radius 3 is 2.75 bits per heavy atom. The number of anilines is 1. The third-order valence-electron chi connectivity index (χ3n) is 3.68. The van der Waals surface area contributed by atoms with Crippen LogP contribution in [-0.2, 0) is 0 Å². The van der Waals surface area contributed by atoms with E-state index in [1.165, 1.54) is 0 Å². The molecular formula is C16H22N2O2. The molecule has 1 heterocycles. The van der Waals surface area contributed by atoms with E-state index < -0.39 is 0 Å². The van der Waals surface area contributed by atoms with E-state index in [1.54, 1.807) is 7.11 Å². The fourth-order valence-electron chi connectivity index (χ4n) is 2.18. The van der Waals surface area contributed by atoms with Crippen molar-refractivity contribution in [2.24, 2.45) is 5.92 Å². The summed E-state index contributed by atoms with van der Waals surface area (Å²) in [6.45, 7) is 6.23. The van der Waals surface area contributed by atoms with Gasteiger partial charge in [-0.05, 0) is 31.9 Å². The Morgan fingerprint density at radius 1 is 1.35 bits per heavy atom. The largest absolute Gasteiger partial charge is 0.494 e. The smallest absolute Gasteiger partial charge is 0.145 e. The predicted octanol–water partition coefficient (Wildman–Crippen LogP) is 2.98. The van der Waals surface area contributed by atoms with Gasteiger partial charge in [-0.3, -0.25) is 0 Å². The highest BCUT2D eigenvalue weighted by atomic mass is 16.5. The average molecular weight is 274 g/mol. The molecule has 2 atom stereocenters.